The first kappa shape index (κ1) is 19.6. The second-order valence-electron chi connectivity index (χ2n) is 6.12. The van der Waals surface area contributed by atoms with Gasteiger partial charge in [0.05, 0.1) is 13.7 Å². The Labute approximate surface area is 157 Å². The summed E-state index contributed by atoms with van der Waals surface area (Å²) in [6.07, 6.45) is -4.53. The van der Waals surface area contributed by atoms with Crippen molar-refractivity contribution < 1.29 is 32.0 Å². The van der Waals surface area contributed by atoms with Gasteiger partial charge in [-0.2, -0.15) is 18.2 Å². The second-order valence-corrected chi connectivity index (χ2v) is 6.12. The fourth-order valence-electron chi connectivity index (χ4n) is 2.93. The minimum absolute atomic E-state index is 0.0814. The van der Waals surface area contributed by atoms with E-state index < -0.39 is 24.0 Å². The molecule has 0 spiro atoms. The average Bonchev–Trinajstić information content (AvgIpc) is 3.34. The topological polar surface area (TPSA) is 97.6 Å². The molecule has 28 heavy (non-hydrogen) atoms. The van der Waals surface area contributed by atoms with Crippen molar-refractivity contribution in [1.29, 1.82) is 0 Å². The van der Waals surface area contributed by atoms with E-state index >= 15 is 0 Å². The summed E-state index contributed by atoms with van der Waals surface area (Å²) in [5, 5.41) is 6.25. The molecule has 0 saturated carbocycles. The number of hydrogen-bond acceptors (Lipinski definition) is 6. The standard InChI is InChI=1S/C17H17F3N4O4/c1-27-11-5-2-4-10(8-11)14-22-13(28-23-14)9-21-15(25)12-6-3-7-24(12)16(26)17(18,19)20/h2,4-5,8,12H,3,6-7,9H2,1H3,(H,21,25). The molecule has 1 unspecified atom stereocenters. The highest BCUT2D eigenvalue weighted by atomic mass is 19.4. The number of rotatable bonds is 5. The maximum Gasteiger partial charge on any atom is 0.471 e. The molecule has 1 saturated heterocycles. The number of methoxy groups -OCH3 is 1. The van der Waals surface area contributed by atoms with Crippen LogP contribution in [0.3, 0.4) is 0 Å². The lowest BCUT2D eigenvalue weighted by Gasteiger charge is -2.24. The van der Waals surface area contributed by atoms with Crippen molar-refractivity contribution in [3.63, 3.8) is 0 Å². The first-order chi connectivity index (χ1) is 13.3. The van der Waals surface area contributed by atoms with Gasteiger partial charge in [-0.3, -0.25) is 9.59 Å². The second kappa shape index (κ2) is 7.87. The van der Waals surface area contributed by atoms with Crippen LogP contribution in [0.25, 0.3) is 11.4 Å². The highest BCUT2D eigenvalue weighted by molar-refractivity contribution is 5.90. The first-order valence-electron chi connectivity index (χ1n) is 8.42. The van der Waals surface area contributed by atoms with E-state index in [0.29, 0.717) is 22.6 Å². The van der Waals surface area contributed by atoms with Crippen LogP contribution in [0.15, 0.2) is 28.8 Å². The Kier molecular flexibility index (Phi) is 5.52. The Morgan fingerprint density at radius 1 is 1.39 bits per heavy atom. The van der Waals surface area contributed by atoms with Gasteiger partial charge >= 0.3 is 12.1 Å². The van der Waals surface area contributed by atoms with Gasteiger partial charge in [0.25, 0.3) is 0 Å². The zero-order valence-electron chi connectivity index (χ0n) is 14.8. The summed E-state index contributed by atoms with van der Waals surface area (Å²) in [7, 11) is 1.52. The molecule has 1 aromatic carbocycles. The normalized spacial score (nSPS) is 16.9. The molecular formula is C17H17F3N4O4. The maximum atomic E-state index is 12.6. The SMILES string of the molecule is COc1cccc(-c2noc(CNC(=O)C3CCCN3C(=O)C(F)(F)F)n2)c1. The van der Waals surface area contributed by atoms with Gasteiger partial charge in [0.2, 0.25) is 17.6 Å². The van der Waals surface area contributed by atoms with E-state index in [4.69, 9.17) is 9.26 Å². The Morgan fingerprint density at radius 2 is 2.18 bits per heavy atom. The molecule has 1 N–H and O–H groups in total. The number of benzene rings is 1. The molecule has 0 radical (unpaired) electrons. The van der Waals surface area contributed by atoms with Crippen LogP contribution in [0.5, 0.6) is 5.75 Å². The molecule has 3 rings (SSSR count). The van der Waals surface area contributed by atoms with Crippen LogP contribution in [0.4, 0.5) is 13.2 Å². The minimum atomic E-state index is -5.01. The van der Waals surface area contributed by atoms with Gasteiger partial charge in [0.1, 0.15) is 11.8 Å². The largest absolute Gasteiger partial charge is 0.497 e. The molecule has 0 bridgehead atoms. The lowest BCUT2D eigenvalue weighted by Crippen LogP contribution is -2.50. The highest BCUT2D eigenvalue weighted by Gasteiger charge is 2.47. The van der Waals surface area contributed by atoms with E-state index in [9.17, 15) is 22.8 Å². The van der Waals surface area contributed by atoms with Crippen LogP contribution < -0.4 is 10.1 Å². The summed E-state index contributed by atoms with van der Waals surface area (Å²) >= 11 is 0. The molecule has 1 aliphatic rings. The number of aromatic nitrogens is 2. The predicted octanol–water partition coefficient (Wildman–Crippen LogP) is 1.91. The molecule has 8 nitrogen and oxygen atoms in total. The third-order valence-corrected chi connectivity index (χ3v) is 4.27. The zero-order chi connectivity index (χ0) is 20.3. The fraction of sp³-hybridized carbons (Fsp3) is 0.412. The van der Waals surface area contributed by atoms with Crippen LogP contribution in [0.1, 0.15) is 18.7 Å². The number of carbonyl (C=O) groups excluding carboxylic acids is 2. The Balaban J connectivity index is 1.62. The monoisotopic (exact) mass is 398 g/mol. The van der Waals surface area contributed by atoms with Crippen LogP contribution in [-0.2, 0) is 16.1 Å². The Bertz CT molecular complexity index is 868. The van der Waals surface area contributed by atoms with Crippen molar-refractivity contribution in [2.45, 2.75) is 31.6 Å². The first-order valence-corrected chi connectivity index (χ1v) is 8.42. The van der Waals surface area contributed by atoms with E-state index in [1.54, 1.807) is 24.3 Å². The van der Waals surface area contributed by atoms with Crippen molar-refractivity contribution in [3.8, 4) is 17.1 Å². The predicted molar refractivity (Wildman–Crippen MR) is 88.9 cm³/mol. The maximum absolute atomic E-state index is 12.6. The van der Waals surface area contributed by atoms with E-state index in [-0.39, 0.29) is 31.2 Å². The molecular weight excluding hydrogens is 381 g/mol. The van der Waals surface area contributed by atoms with E-state index in [0.717, 1.165) is 0 Å². The third-order valence-electron chi connectivity index (χ3n) is 4.27. The number of nitrogens with one attached hydrogen (secondary N) is 1. The van der Waals surface area contributed by atoms with Crippen molar-refractivity contribution in [2.24, 2.45) is 0 Å². The molecule has 1 fully saturated rings. The van der Waals surface area contributed by atoms with Gasteiger partial charge in [0, 0.05) is 12.1 Å². The Hall–Kier alpha value is -3.11. The molecule has 1 aliphatic heterocycles. The summed E-state index contributed by atoms with van der Waals surface area (Å²) < 4.78 is 48.1. The zero-order valence-corrected chi connectivity index (χ0v) is 14.8. The van der Waals surface area contributed by atoms with E-state index in [1.165, 1.54) is 7.11 Å². The van der Waals surface area contributed by atoms with Gasteiger partial charge in [0.15, 0.2) is 0 Å². The van der Waals surface area contributed by atoms with Gasteiger partial charge in [-0.1, -0.05) is 17.3 Å². The van der Waals surface area contributed by atoms with Gasteiger partial charge in [-0.05, 0) is 25.0 Å². The number of likely N-dealkylation sites (tertiary alicyclic amines) is 1. The van der Waals surface area contributed by atoms with Crippen molar-refractivity contribution in [1.82, 2.24) is 20.4 Å². The van der Waals surface area contributed by atoms with Gasteiger partial charge in [-0.25, -0.2) is 0 Å². The number of carbonyl (C=O) groups is 2. The Morgan fingerprint density at radius 3 is 2.89 bits per heavy atom. The highest BCUT2D eigenvalue weighted by Crippen LogP contribution is 2.26. The summed E-state index contributed by atoms with van der Waals surface area (Å²) in [5.41, 5.74) is 0.637. The number of halogens is 3. The number of amides is 2. The summed E-state index contributed by atoms with van der Waals surface area (Å²) in [6, 6.07) is 5.77. The van der Waals surface area contributed by atoms with Crippen LogP contribution >= 0.6 is 0 Å². The van der Waals surface area contributed by atoms with Crippen molar-refractivity contribution in [3.05, 3.63) is 30.2 Å². The molecule has 2 amide bonds. The van der Waals surface area contributed by atoms with E-state index in [2.05, 4.69) is 15.5 Å². The molecule has 150 valence electrons. The van der Waals surface area contributed by atoms with E-state index in [1.807, 2.05) is 0 Å². The quantitative estimate of drug-likeness (QED) is 0.827. The minimum Gasteiger partial charge on any atom is -0.497 e. The molecule has 1 aromatic heterocycles. The average molecular weight is 398 g/mol. The van der Waals surface area contributed by atoms with Crippen LogP contribution in [0, 0.1) is 0 Å². The van der Waals surface area contributed by atoms with Gasteiger partial charge in [-0.15, -0.1) is 0 Å². The lowest BCUT2D eigenvalue weighted by atomic mass is 10.2. The van der Waals surface area contributed by atoms with Crippen LogP contribution in [0.2, 0.25) is 0 Å². The molecule has 1 atom stereocenters. The summed E-state index contributed by atoms with van der Waals surface area (Å²) in [4.78, 5) is 28.4. The molecule has 0 aliphatic carbocycles. The number of ether oxygens (including phenoxy) is 1. The molecule has 11 heteroatoms. The fourth-order valence-corrected chi connectivity index (χ4v) is 2.93. The van der Waals surface area contributed by atoms with Crippen molar-refractivity contribution in [2.75, 3.05) is 13.7 Å². The third kappa shape index (κ3) is 4.24. The lowest BCUT2D eigenvalue weighted by molar-refractivity contribution is -0.186. The van der Waals surface area contributed by atoms with Crippen LogP contribution in [-0.4, -0.2) is 52.7 Å². The molecule has 2 aromatic rings. The summed E-state index contributed by atoms with van der Waals surface area (Å²) in [5.74, 6) is -1.75. The summed E-state index contributed by atoms with van der Waals surface area (Å²) in [6.45, 7) is -0.280. The van der Waals surface area contributed by atoms with Crippen molar-refractivity contribution >= 4 is 11.8 Å². The van der Waals surface area contributed by atoms with Gasteiger partial charge < -0.3 is 19.5 Å². The number of nitrogens with zero attached hydrogens (tertiary/aromatic N) is 3. The number of alkyl halides is 3. The molecule has 2 heterocycles. The number of hydrogen-bond donors (Lipinski definition) is 1. The smallest absolute Gasteiger partial charge is 0.471 e.